The van der Waals surface area contributed by atoms with E-state index in [1.165, 1.54) is 31.3 Å². The lowest BCUT2D eigenvalue weighted by Crippen LogP contribution is -2.47. The predicted octanol–water partition coefficient (Wildman–Crippen LogP) is 6.31. The van der Waals surface area contributed by atoms with Gasteiger partial charge in [-0.2, -0.15) is 0 Å². The van der Waals surface area contributed by atoms with Crippen LogP contribution >= 0.6 is 0 Å². The molecular formula is C20H32. The first-order chi connectivity index (χ1) is 9.31. The van der Waals surface area contributed by atoms with Crippen LogP contribution in [0.4, 0.5) is 0 Å². The van der Waals surface area contributed by atoms with Crippen molar-refractivity contribution in [3.8, 4) is 0 Å². The zero-order valence-electron chi connectivity index (χ0n) is 14.3. The zero-order chi connectivity index (χ0) is 15.0. The topological polar surface area (TPSA) is 0 Å². The molecule has 2 aliphatic rings. The monoisotopic (exact) mass is 272 g/mol. The summed E-state index contributed by atoms with van der Waals surface area (Å²) < 4.78 is 0. The SMILES string of the molecule is C/C=C(C)\C=C\[C@H]1C(C)=CC[C@H]2C(C)(C)CCC[C@]12C. The standard InChI is InChI=1S/C20H32/c1-7-15(2)9-11-17-16(3)10-12-18-19(4,5)13-8-14-20(17,18)6/h7,9-11,17-18H,8,12-14H2,1-6H3/b11-9+,15-7-/t17-,18-,20+/m0/s1. The molecule has 1 fully saturated rings. The van der Waals surface area contributed by atoms with Gasteiger partial charge in [-0.25, -0.2) is 0 Å². The number of hydrogen-bond donors (Lipinski definition) is 0. The van der Waals surface area contributed by atoms with E-state index in [9.17, 15) is 0 Å². The molecule has 0 nitrogen and oxygen atoms in total. The molecule has 0 unspecified atom stereocenters. The van der Waals surface area contributed by atoms with Crippen molar-refractivity contribution >= 4 is 0 Å². The highest BCUT2D eigenvalue weighted by Crippen LogP contribution is 2.59. The van der Waals surface area contributed by atoms with Crippen LogP contribution in [0, 0.1) is 22.7 Å². The number of allylic oxidation sites excluding steroid dienone is 6. The van der Waals surface area contributed by atoms with Gasteiger partial charge in [-0.1, -0.05) is 62.6 Å². The maximum Gasteiger partial charge on any atom is 0.00340 e. The van der Waals surface area contributed by atoms with Crippen LogP contribution in [0.1, 0.15) is 67.2 Å². The molecule has 0 aromatic heterocycles. The van der Waals surface area contributed by atoms with Gasteiger partial charge >= 0.3 is 0 Å². The second-order valence-electron chi connectivity index (χ2n) is 7.95. The molecule has 2 rings (SSSR count). The molecule has 0 radical (unpaired) electrons. The Labute approximate surface area is 126 Å². The first kappa shape index (κ1) is 15.6. The van der Waals surface area contributed by atoms with E-state index in [2.05, 4.69) is 65.8 Å². The molecule has 2 aliphatic carbocycles. The Bertz CT molecular complexity index is 447. The predicted molar refractivity (Wildman–Crippen MR) is 89.7 cm³/mol. The molecule has 1 saturated carbocycles. The van der Waals surface area contributed by atoms with Crippen molar-refractivity contribution in [2.75, 3.05) is 0 Å². The van der Waals surface area contributed by atoms with Crippen molar-refractivity contribution in [3.63, 3.8) is 0 Å². The van der Waals surface area contributed by atoms with Crippen molar-refractivity contribution in [1.29, 1.82) is 0 Å². The number of rotatable bonds is 2. The highest BCUT2D eigenvalue weighted by atomic mass is 14.5. The molecule has 0 spiro atoms. The van der Waals surface area contributed by atoms with Gasteiger partial charge in [0.2, 0.25) is 0 Å². The molecule has 0 heterocycles. The van der Waals surface area contributed by atoms with Crippen molar-refractivity contribution in [3.05, 3.63) is 35.5 Å². The normalized spacial score (nSPS) is 37.7. The average molecular weight is 272 g/mol. The largest absolute Gasteiger partial charge is 0.0847 e. The Kier molecular flexibility index (Phi) is 4.33. The van der Waals surface area contributed by atoms with E-state index in [4.69, 9.17) is 0 Å². The summed E-state index contributed by atoms with van der Waals surface area (Å²) in [5.74, 6) is 1.45. The lowest BCUT2D eigenvalue weighted by Gasteiger charge is -2.56. The van der Waals surface area contributed by atoms with Gasteiger partial charge in [0.05, 0.1) is 0 Å². The van der Waals surface area contributed by atoms with E-state index in [1.807, 2.05) is 0 Å². The lowest BCUT2D eigenvalue weighted by molar-refractivity contribution is -0.0242. The molecule has 0 aromatic rings. The fourth-order valence-corrected chi connectivity index (χ4v) is 4.79. The van der Waals surface area contributed by atoms with Crippen LogP contribution in [0.25, 0.3) is 0 Å². The van der Waals surface area contributed by atoms with Gasteiger partial charge in [-0.15, -0.1) is 0 Å². The highest BCUT2D eigenvalue weighted by Gasteiger charge is 2.50. The Morgan fingerprint density at radius 1 is 1.25 bits per heavy atom. The van der Waals surface area contributed by atoms with E-state index in [0.717, 1.165) is 5.92 Å². The van der Waals surface area contributed by atoms with Crippen LogP contribution < -0.4 is 0 Å². The van der Waals surface area contributed by atoms with E-state index in [1.54, 1.807) is 5.57 Å². The van der Waals surface area contributed by atoms with Crippen LogP contribution in [0.2, 0.25) is 0 Å². The molecule has 0 saturated heterocycles. The summed E-state index contributed by atoms with van der Waals surface area (Å²) in [5.41, 5.74) is 3.90. The Morgan fingerprint density at radius 3 is 2.60 bits per heavy atom. The average Bonchev–Trinajstić information content (AvgIpc) is 2.36. The molecule has 0 aromatic carbocycles. The van der Waals surface area contributed by atoms with E-state index < -0.39 is 0 Å². The van der Waals surface area contributed by atoms with Gasteiger partial charge in [0.25, 0.3) is 0 Å². The van der Waals surface area contributed by atoms with Crippen molar-refractivity contribution in [2.24, 2.45) is 22.7 Å². The zero-order valence-corrected chi connectivity index (χ0v) is 14.3. The minimum absolute atomic E-state index is 0.450. The summed E-state index contributed by atoms with van der Waals surface area (Å²) in [4.78, 5) is 0. The number of hydrogen-bond acceptors (Lipinski definition) is 0. The van der Waals surface area contributed by atoms with Gasteiger partial charge in [0, 0.05) is 5.92 Å². The lowest BCUT2D eigenvalue weighted by atomic mass is 9.49. The van der Waals surface area contributed by atoms with Crippen LogP contribution in [-0.4, -0.2) is 0 Å². The second kappa shape index (κ2) is 5.54. The summed E-state index contributed by atoms with van der Waals surface area (Å²) in [6.45, 7) is 14.2. The number of fused-ring (bicyclic) bond motifs is 1. The van der Waals surface area contributed by atoms with Gasteiger partial charge in [-0.05, 0) is 56.8 Å². The summed E-state index contributed by atoms with van der Waals surface area (Å²) in [7, 11) is 0. The maximum atomic E-state index is 2.55. The first-order valence-electron chi connectivity index (χ1n) is 8.29. The summed E-state index contributed by atoms with van der Waals surface area (Å²) in [6, 6.07) is 0. The Hall–Kier alpha value is -0.780. The second-order valence-corrected chi connectivity index (χ2v) is 7.95. The van der Waals surface area contributed by atoms with Crippen LogP contribution in [-0.2, 0) is 0 Å². The molecule has 20 heavy (non-hydrogen) atoms. The van der Waals surface area contributed by atoms with Crippen molar-refractivity contribution < 1.29 is 0 Å². The smallest absolute Gasteiger partial charge is 0.00340 e. The van der Waals surface area contributed by atoms with Gasteiger partial charge < -0.3 is 0 Å². The fourth-order valence-electron chi connectivity index (χ4n) is 4.79. The Morgan fingerprint density at radius 2 is 1.95 bits per heavy atom. The maximum absolute atomic E-state index is 2.55. The minimum Gasteiger partial charge on any atom is -0.0847 e. The molecular weight excluding hydrogens is 240 g/mol. The van der Waals surface area contributed by atoms with E-state index in [0.29, 0.717) is 16.7 Å². The summed E-state index contributed by atoms with van der Waals surface area (Å²) in [6.07, 6.45) is 15.0. The molecule has 0 amide bonds. The third-order valence-electron chi connectivity index (χ3n) is 6.16. The summed E-state index contributed by atoms with van der Waals surface area (Å²) in [5, 5.41) is 0. The molecule has 0 aliphatic heterocycles. The molecule has 0 bridgehead atoms. The quantitative estimate of drug-likeness (QED) is 0.408. The van der Waals surface area contributed by atoms with E-state index in [-0.39, 0.29) is 0 Å². The van der Waals surface area contributed by atoms with Crippen LogP contribution in [0.3, 0.4) is 0 Å². The highest BCUT2D eigenvalue weighted by molar-refractivity contribution is 5.26. The fraction of sp³-hybridized carbons (Fsp3) is 0.700. The van der Waals surface area contributed by atoms with Crippen LogP contribution in [0.5, 0.6) is 0 Å². The third-order valence-corrected chi connectivity index (χ3v) is 6.16. The van der Waals surface area contributed by atoms with Crippen LogP contribution in [0.15, 0.2) is 35.5 Å². The van der Waals surface area contributed by atoms with Crippen molar-refractivity contribution in [2.45, 2.75) is 67.2 Å². The van der Waals surface area contributed by atoms with Gasteiger partial charge in [-0.3, -0.25) is 0 Å². The van der Waals surface area contributed by atoms with Gasteiger partial charge in [0.15, 0.2) is 0 Å². The molecule has 0 N–H and O–H groups in total. The van der Waals surface area contributed by atoms with Crippen molar-refractivity contribution in [1.82, 2.24) is 0 Å². The first-order valence-corrected chi connectivity index (χ1v) is 8.29. The third kappa shape index (κ3) is 2.67. The molecule has 0 heteroatoms. The molecule has 3 atom stereocenters. The van der Waals surface area contributed by atoms with Gasteiger partial charge in [0.1, 0.15) is 0 Å². The summed E-state index contributed by atoms with van der Waals surface area (Å²) >= 11 is 0. The van der Waals surface area contributed by atoms with E-state index >= 15 is 0 Å². The Balaban J connectivity index is 2.37. The molecule has 112 valence electrons. The minimum atomic E-state index is 0.450.